The van der Waals surface area contributed by atoms with Crippen LogP contribution in [-0.2, 0) is 9.53 Å². The quantitative estimate of drug-likeness (QED) is 0.238. The van der Waals surface area contributed by atoms with E-state index in [-0.39, 0.29) is 17.9 Å². The topological polar surface area (TPSA) is 64.0 Å². The van der Waals surface area contributed by atoms with E-state index in [1.54, 1.807) is 19.9 Å². The lowest BCUT2D eigenvalue weighted by molar-refractivity contribution is -0.152. The lowest BCUT2D eigenvalue weighted by Gasteiger charge is -2.36. The smallest absolute Gasteiger partial charge is 0.307 e. The summed E-state index contributed by atoms with van der Waals surface area (Å²) in [5, 5.41) is 2.09. The van der Waals surface area contributed by atoms with Crippen molar-refractivity contribution < 1.29 is 14.3 Å². The van der Waals surface area contributed by atoms with Crippen molar-refractivity contribution in [2.24, 2.45) is 0 Å². The number of carbonyl (C=O) groups is 1. The van der Waals surface area contributed by atoms with Crippen LogP contribution in [0, 0.1) is 0 Å². The van der Waals surface area contributed by atoms with Gasteiger partial charge in [-0.05, 0) is 62.0 Å². The summed E-state index contributed by atoms with van der Waals surface area (Å²) in [6, 6.07) is 14.7. The van der Waals surface area contributed by atoms with Gasteiger partial charge in [0.1, 0.15) is 5.75 Å². The highest BCUT2D eigenvalue weighted by Crippen LogP contribution is 2.33. The van der Waals surface area contributed by atoms with Crippen molar-refractivity contribution in [3.05, 3.63) is 68.9 Å². The van der Waals surface area contributed by atoms with Gasteiger partial charge in [0.05, 0.1) is 27.9 Å². The zero-order valence-corrected chi connectivity index (χ0v) is 22.8. The minimum absolute atomic E-state index is 0.223. The van der Waals surface area contributed by atoms with Crippen LogP contribution in [0.5, 0.6) is 5.75 Å². The second-order valence-corrected chi connectivity index (χ2v) is 9.95. The number of esters is 1. The fourth-order valence-electron chi connectivity index (χ4n) is 4.60. The monoisotopic (exact) mass is 545 g/mol. The Morgan fingerprint density at radius 1 is 1.03 bits per heavy atom. The molecule has 1 atom stereocenters. The van der Waals surface area contributed by atoms with Crippen LogP contribution in [0.25, 0.3) is 10.9 Å². The summed E-state index contributed by atoms with van der Waals surface area (Å²) in [6.07, 6.45) is 1.50. The third kappa shape index (κ3) is 6.78. The number of hydrogen-bond acceptors (Lipinski definition) is 6. The van der Waals surface area contributed by atoms with Gasteiger partial charge in [-0.1, -0.05) is 36.2 Å². The molecule has 2 heterocycles. The van der Waals surface area contributed by atoms with Crippen molar-refractivity contribution in [3.63, 3.8) is 0 Å². The number of benzene rings is 2. The molecule has 0 bridgehead atoms. The summed E-state index contributed by atoms with van der Waals surface area (Å²) in [5.74, 6) is 0.339. The maximum Gasteiger partial charge on any atom is 0.307 e. The predicted molar refractivity (Wildman–Crippen MR) is 149 cm³/mol. The highest BCUT2D eigenvalue weighted by Gasteiger charge is 2.19. The van der Waals surface area contributed by atoms with Crippen LogP contribution in [-0.4, -0.2) is 54.8 Å². The van der Waals surface area contributed by atoms with Crippen molar-refractivity contribution in [2.45, 2.75) is 39.3 Å². The van der Waals surface area contributed by atoms with Crippen LogP contribution in [0.1, 0.15) is 39.3 Å². The Labute approximate surface area is 227 Å². The fraction of sp³-hybridized carbons (Fsp3) is 0.429. The van der Waals surface area contributed by atoms with Gasteiger partial charge < -0.3 is 14.4 Å². The summed E-state index contributed by atoms with van der Waals surface area (Å²) in [6.45, 7) is 8.82. The molecule has 0 saturated carbocycles. The van der Waals surface area contributed by atoms with Crippen LogP contribution in [0.3, 0.4) is 0 Å². The number of hydrogen-bond donors (Lipinski definition) is 0. The van der Waals surface area contributed by atoms with Gasteiger partial charge >= 0.3 is 5.97 Å². The van der Waals surface area contributed by atoms with Crippen molar-refractivity contribution >= 4 is 45.8 Å². The minimum Gasteiger partial charge on any atom is -0.494 e. The molecule has 3 aromatic rings. The molecule has 1 aromatic heterocycles. The number of ether oxygens (including phenoxy) is 2. The molecular weight excluding hydrogens is 513 g/mol. The molecule has 37 heavy (non-hydrogen) atoms. The molecule has 0 N–H and O–H groups in total. The van der Waals surface area contributed by atoms with E-state index in [1.165, 1.54) is 10.6 Å². The third-order valence-electron chi connectivity index (χ3n) is 6.64. The maximum absolute atomic E-state index is 12.5. The first-order chi connectivity index (χ1) is 17.9. The van der Waals surface area contributed by atoms with E-state index in [4.69, 9.17) is 32.7 Å². The zero-order valence-electron chi connectivity index (χ0n) is 21.3. The van der Waals surface area contributed by atoms with E-state index in [0.29, 0.717) is 27.9 Å². The van der Waals surface area contributed by atoms with Crippen molar-refractivity contribution in [2.75, 3.05) is 44.2 Å². The molecule has 4 rings (SSSR count). The van der Waals surface area contributed by atoms with Gasteiger partial charge in [-0.2, -0.15) is 0 Å². The maximum atomic E-state index is 12.5. The molecular formula is C28H33Cl2N3O4. The molecule has 1 unspecified atom stereocenters. The molecule has 7 nitrogen and oxygen atoms in total. The Balaban J connectivity index is 1.26. The summed E-state index contributed by atoms with van der Waals surface area (Å²) in [7, 11) is 0. The summed E-state index contributed by atoms with van der Waals surface area (Å²) >= 11 is 12.6. The van der Waals surface area contributed by atoms with Crippen molar-refractivity contribution in [3.8, 4) is 5.75 Å². The predicted octanol–water partition coefficient (Wildman–Crippen LogP) is 5.76. The SMILES string of the molecule is CCC(=O)OC(C)n1c(=O)ccc2ccc(OCCCCN3CCN(c4cccc(Cl)c4Cl)CC3)cc21. The molecule has 1 saturated heterocycles. The van der Waals surface area contributed by atoms with Gasteiger partial charge in [-0.25, -0.2) is 0 Å². The molecule has 0 aliphatic carbocycles. The highest BCUT2D eigenvalue weighted by atomic mass is 35.5. The highest BCUT2D eigenvalue weighted by molar-refractivity contribution is 6.43. The van der Waals surface area contributed by atoms with Gasteiger partial charge in [0.2, 0.25) is 0 Å². The average molecular weight is 546 g/mol. The van der Waals surface area contributed by atoms with Gasteiger partial charge in [-0.15, -0.1) is 0 Å². The number of piperazine rings is 1. The first-order valence-corrected chi connectivity index (χ1v) is 13.5. The average Bonchev–Trinajstić information content (AvgIpc) is 2.90. The zero-order chi connectivity index (χ0) is 26.4. The Bertz CT molecular complexity index is 1290. The molecule has 0 radical (unpaired) electrons. The Kier molecular flexibility index (Phi) is 9.35. The number of nitrogens with zero attached hydrogens (tertiary/aromatic N) is 3. The van der Waals surface area contributed by atoms with Crippen molar-refractivity contribution in [1.82, 2.24) is 9.47 Å². The molecule has 9 heteroatoms. The second kappa shape index (κ2) is 12.7. The van der Waals surface area contributed by atoms with Crippen LogP contribution in [0.2, 0.25) is 10.0 Å². The number of anilines is 1. The number of rotatable bonds is 10. The first-order valence-electron chi connectivity index (χ1n) is 12.8. The lowest BCUT2D eigenvalue weighted by atomic mass is 10.2. The molecule has 1 aliphatic rings. The normalized spacial score (nSPS) is 15.1. The van der Waals surface area contributed by atoms with Crippen molar-refractivity contribution in [1.29, 1.82) is 0 Å². The molecule has 1 fully saturated rings. The number of halogens is 2. The van der Waals surface area contributed by atoms with Crippen LogP contribution in [0.4, 0.5) is 5.69 Å². The number of fused-ring (bicyclic) bond motifs is 1. The van der Waals surface area contributed by atoms with Crippen LogP contribution in [0.15, 0.2) is 53.3 Å². The van der Waals surface area contributed by atoms with E-state index in [2.05, 4.69) is 9.80 Å². The number of pyridine rings is 1. The largest absolute Gasteiger partial charge is 0.494 e. The number of unbranched alkanes of at least 4 members (excludes halogenated alkanes) is 1. The van der Waals surface area contributed by atoms with Gasteiger partial charge in [-0.3, -0.25) is 19.1 Å². The fourth-order valence-corrected chi connectivity index (χ4v) is 5.02. The third-order valence-corrected chi connectivity index (χ3v) is 7.45. The molecule has 198 valence electrons. The summed E-state index contributed by atoms with van der Waals surface area (Å²) < 4.78 is 12.9. The number of aromatic nitrogens is 1. The van der Waals surface area contributed by atoms with Gasteiger partial charge in [0, 0.05) is 44.7 Å². The molecule has 2 aromatic carbocycles. The molecule has 1 aliphatic heterocycles. The summed E-state index contributed by atoms with van der Waals surface area (Å²) in [4.78, 5) is 29.1. The Hall–Kier alpha value is -2.74. The standard InChI is InChI=1S/C28H33Cl2N3O4/c1-3-27(35)37-20(2)33-25-19-22(11-9-21(25)10-12-26(33)34)36-18-5-4-13-31-14-16-32(17-15-31)24-8-6-7-23(29)28(24)30/h6-12,19-20H,3-5,13-18H2,1-2H3. The van der Waals surface area contributed by atoms with E-state index in [9.17, 15) is 9.59 Å². The lowest BCUT2D eigenvalue weighted by Crippen LogP contribution is -2.46. The van der Waals surface area contributed by atoms with E-state index < -0.39 is 6.23 Å². The number of carbonyl (C=O) groups excluding carboxylic acids is 1. The Morgan fingerprint density at radius 3 is 2.54 bits per heavy atom. The van der Waals surface area contributed by atoms with Gasteiger partial charge in [0.25, 0.3) is 5.56 Å². The Morgan fingerprint density at radius 2 is 1.78 bits per heavy atom. The first kappa shape index (κ1) is 27.3. The minimum atomic E-state index is -0.700. The molecule has 0 spiro atoms. The van der Waals surface area contributed by atoms with E-state index in [1.807, 2.05) is 36.4 Å². The van der Waals surface area contributed by atoms with Crippen LogP contribution < -0.4 is 15.2 Å². The second-order valence-electron chi connectivity index (χ2n) is 9.16. The van der Waals surface area contributed by atoms with E-state index >= 15 is 0 Å². The van der Waals surface area contributed by atoms with E-state index in [0.717, 1.165) is 56.6 Å². The summed E-state index contributed by atoms with van der Waals surface area (Å²) in [5.41, 5.74) is 1.46. The van der Waals surface area contributed by atoms with Gasteiger partial charge in [0.15, 0.2) is 6.23 Å². The molecule has 0 amide bonds. The van der Waals surface area contributed by atoms with Crippen LogP contribution >= 0.6 is 23.2 Å².